The molecule has 0 amide bonds. The molecule has 0 saturated carbocycles. The number of aromatic nitrogens is 2. The fraction of sp³-hybridized carbons (Fsp3) is 0.273. The van der Waals surface area contributed by atoms with Gasteiger partial charge in [-0.15, -0.1) is 0 Å². The van der Waals surface area contributed by atoms with E-state index in [4.69, 9.17) is 0 Å². The van der Waals surface area contributed by atoms with Crippen molar-refractivity contribution in [2.45, 2.75) is 19.0 Å². The molecule has 0 bridgehead atoms. The minimum Gasteiger partial charge on any atom is -0.367 e. The van der Waals surface area contributed by atoms with E-state index in [0.29, 0.717) is 31.3 Å². The highest BCUT2D eigenvalue weighted by atomic mass is 19.1. The van der Waals surface area contributed by atoms with Gasteiger partial charge >= 0.3 is 0 Å². The quantitative estimate of drug-likeness (QED) is 0.501. The summed E-state index contributed by atoms with van der Waals surface area (Å²) in [6, 6.07) is 13.7. The Bertz CT molecular complexity index is 1020. The summed E-state index contributed by atoms with van der Waals surface area (Å²) in [5, 5.41) is 11.1. The van der Waals surface area contributed by atoms with Gasteiger partial charge in [-0.1, -0.05) is 18.2 Å². The number of benzene rings is 2. The van der Waals surface area contributed by atoms with Crippen LogP contribution < -0.4 is 15.5 Å². The molecule has 2 N–H and O–H groups in total. The predicted molar refractivity (Wildman–Crippen MR) is 114 cm³/mol. The Hall–Kier alpha value is -3.42. The molecule has 1 atom stereocenters. The maximum atomic E-state index is 14.0. The van der Waals surface area contributed by atoms with E-state index in [2.05, 4.69) is 20.7 Å². The fourth-order valence-electron chi connectivity index (χ4n) is 3.58. The molecule has 1 fully saturated rings. The number of para-hydroxylation sites is 1. The Morgan fingerprint density at radius 2 is 2.03 bits per heavy atom. The van der Waals surface area contributed by atoms with Crippen molar-refractivity contribution < 1.29 is 8.78 Å². The fourth-order valence-corrected chi connectivity index (χ4v) is 3.58. The number of nitrogens with zero attached hydrogens (tertiary/aromatic N) is 4. The standard InChI is InChI=1S/C22H24F2N6/c1-25-22(26-12-16-13-27-30(14-16)19-5-3-2-4-6-19)28-18-9-10-29(15-18)21-8-7-17(23)11-20(21)24/h2-8,11,13-14,18H,9-10,12,15H2,1H3,(H2,25,26,28). The van der Waals surface area contributed by atoms with E-state index >= 15 is 0 Å². The third-order valence-corrected chi connectivity index (χ3v) is 5.12. The molecule has 1 aliphatic heterocycles. The normalized spacial score (nSPS) is 16.7. The lowest BCUT2D eigenvalue weighted by molar-refractivity contribution is 0.580. The van der Waals surface area contributed by atoms with Crippen molar-refractivity contribution in [3.05, 3.63) is 78.1 Å². The second-order valence-corrected chi connectivity index (χ2v) is 7.23. The van der Waals surface area contributed by atoms with Crippen molar-refractivity contribution in [3.63, 3.8) is 0 Å². The monoisotopic (exact) mass is 410 g/mol. The van der Waals surface area contributed by atoms with Gasteiger partial charge in [-0.2, -0.15) is 5.10 Å². The maximum Gasteiger partial charge on any atom is 0.191 e. The first-order valence-corrected chi connectivity index (χ1v) is 9.88. The van der Waals surface area contributed by atoms with Gasteiger partial charge in [-0.05, 0) is 30.7 Å². The van der Waals surface area contributed by atoms with Crippen LogP contribution >= 0.6 is 0 Å². The number of rotatable bonds is 5. The van der Waals surface area contributed by atoms with Crippen molar-refractivity contribution in [2.75, 3.05) is 25.0 Å². The Labute approximate surface area is 174 Å². The Morgan fingerprint density at radius 1 is 1.20 bits per heavy atom. The van der Waals surface area contributed by atoms with Crippen molar-refractivity contribution >= 4 is 11.6 Å². The third-order valence-electron chi connectivity index (χ3n) is 5.12. The largest absolute Gasteiger partial charge is 0.367 e. The Morgan fingerprint density at radius 3 is 2.80 bits per heavy atom. The summed E-state index contributed by atoms with van der Waals surface area (Å²) in [4.78, 5) is 6.20. The SMILES string of the molecule is CN=C(NCc1cnn(-c2ccccc2)c1)NC1CCN(c2ccc(F)cc2F)C1. The van der Waals surface area contributed by atoms with Crippen molar-refractivity contribution in [2.24, 2.45) is 4.99 Å². The lowest BCUT2D eigenvalue weighted by Gasteiger charge is -2.20. The van der Waals surface area contributed by atoms with Crippen LogP contribution in [0.4, 0.5) is 14.5 Å². The van der Waals surface area contributed by atoms with Crippen LogP contribution in [0.2, 0.25) is 0 Å². The maximum absolute atomic E-state index is 14.0. The van der Waals surface area contributed by atoms with Crippen LogP contribution in [0.3, 0.4) is 0 Å². The van der Waals surface area contributed by atoms with E-state index in [-0.39, 0.29) is 6.04 Å². The van der Waals surface area contributed by atoms with E-state index in [1.165, 1.54) is 12.1 Å². The van der Waals surface area contributed by atoms with E-state index in [0.717, 1.165) is 23.7 Å². The van der Waals surface area contributed by atoms with Crippen LogP contribution in [0.5, 0.6) is 0 Å². The number of aliphatic imine (C=N–C) groups is 1. The molecule has 6 nitrogen and oxygen atoms in total. The van der Waals surface area contributed by atoms with E-state index in [1.54, 1.807) is 7.05 Å². The Balaban J connectivity index is 1.31. The van der Waals surface area contributed by atoms with E-state index in [1.807, 2.05) is 52.3 Å². The summed E-state index contributed by atoms with van der Waals surface area (Å²) in [5.41, 5.74) is 2.46. The average Bonchev–Trinajstić information content (AvgIpc) is 3.41. The van der Waals surface area contributed by atoms with Gasteiger partial charge in [0.2, 0.25) is 0 Å². The van der Waals surface area contributed by atoms with Gasteiger partial charge in [0, 0.05) is 50.6 Å². The second-order valence-electron chi connectivity index (χ2n) is 7.23. The summed E-state index contributed by atoms with van der Waals surface area (Å²) in [6.45, 7) is 1.89. The predicted octanol–water partition coefficient (Wildman–Crippen LogP) is 3.09. The van der Waals surface area contributed by atoms with Crippen LogP contribution in [0.1, 0.15) is 12.0 Å². The number of anilines is 1. The van der Waals surface area contributed by atoms with Gasteiger partial charge in [0.25, 0.3) is 0 Å². The lowest BCUT2D eigenvalue weighted by atomic mass is 10.2. The first-order chi connectivity index (χ1) is 14.6. The van der Waals surface area contributed by atoms with Crippen LogP contribution in [-0.2, 0) is 6.54 Å². The van der Waals surface area contributed by atoms with Gasteiger partial charge in [0.05, 0.1) is 17.6 Å². The molecule has 1 saturated heterocycles. The van der Waals surface area contributed by atoms with Gasteiger partial charge in [-0.3, -0.25) is 4.99 Å². The van der Waals surface area contributed by atoms with Gasteiger partial charge in [-0.25, -0.2) is 13.5 Å². The minimum atomic E-state index is -0.565. The average molecular weight is 410 g/mol. The number of halogens is 2. The highest BCUT2D eigenvalue weighted by Crippen LogP contribution is 2.24. The molecule has 0 radical (unpaired) electrons. The second kappa shape index (κ2) is 8.94. The van der Waals surface area contributed by atoms with Crippen LogP contribution in [-0.4, -0.2) is 41.9 Å². The van der Waals surface area contributed by atoms with Crippen LogP contribution in [0.25, 0.3) is 5.69 Å². The summed E-state index contributed by atoms with van der Waals surface area (Å²) >= 11 is 0. The number of guanidine groups is 1. The highest BCUT2D eigenvalue weighted by Gasteiger charge is 2.25. The number of nitrogens with one attached hydrogen (secondary N) is 2. The topological polar surface area (TPSA) is 57.5 Å². The first-order valence-electron chi connectivity index (χ1n) is 9.88. The third kappa shape index (κ3) is 4.59. The molecule has 30 heavy (non-hydrogen) atoms. The summed E-state index contributed by atoms with van der Waals surface area (Å²) in [6.07, 6.45) is 4.63. The van der Waals surface area contributed by atoms with Gasteiger partial charge < -0.3 is 15.5 Å². The molecule has 2 heterocycles. The van der Waals surface area contributed by atoms with Gasteiger partial charge in [0.1, 0.15) is 11.6 Å². The van der Waals surface area contributed by atoms with Crippen LogP contribution in [0, 0.1) is 11.6 Å². The van der Waals surface area contributed by atoms with Gasteiger partial charge in [0.15, 0.2) is 5.96 Å². The van der Waals surface area contributed by atoms with Crippen molar-refractivity contribution in [1.29, 1.82) is 0 Å². The van der Waals surface area contributed by atoms with E-state index < -0.39 is 11.6 Å². The molecule has 2 aromatic carbocycles. The zero-order chi connectivity index (χ0) is 20.9. The lowest BCUT2D eigenvalue weighted by Crippen LogP contribution is -2.44. The zero-order valence-electron chi connectivity index (χ0n) is 16.7. The molecule has 8 heteroatoms. The molecule has 0 spiro atoms. The van der Waals surface area contributed by atoms with Crippen LogP contribution in [0.15, 0.2) is 65.9 Å². The van der Waals surface area contributed by atoms with Crippen molar-refractivity contribution in [1.82, 2.24) is 20.4 Å². The number of hydrogen-bond donors (Lipinski definition) is 2. The smallest absolute Gasteiger partial charge is 0.191 e. The molecule has 156 valence electrons. The van der Waals surface area contributed by atoms with Crippen molar-refractivity contribution in [3.8, 4) is 5.69 Å². The summed E-state index contributed by atoms with van der Waals surface area (Å²) in [5.74, 6) is -0.423. The molecule has 0 aliphatic carbocycles. The zero-order valence-corrected chi connectivity index (χ0v) is 16.7. The minimum absolute atomic E-state index is 0.118. The molecule has 1 aliphatic rings. The summed E-state index contributed by atoms with van der Waals surface area (Å²) in [7, 11) is 1.72. The molecular weight excluding hydrogens is 386 g/mol. The highest BCUT2D eigenvalue weighted by molar-refractivity contribution is 5.80. The molecular formula is C22H24F2N6. The first kappa shape index (κ1) is 19.9. The molecule has 1 unspecified atom stereocenters. The molecule has 3 aromatic rings. The molecule has 4 rings (SSSR count). The Kier molecular flexibility index (Phi) is 5.92. The van der Waals surface area contributed by atoms with E-state index in [9.17, 15) is 8.78 Å². The number of hydrogen-bond acceptors (Lipinski definition) is 3. The molecule has 1 aromatic heterocycles. The summed E-state index contributed by atoms with van der Waals surface area (Å²) < 4.78 is 29.0.